The van der Waals surface area contributed by atoms with E-state index in [-0.39, 0.29) is 55.3 Å². The molecule has 0 saturated carbocycles. The maximum atomic E-state index is 13.4. The van der Waals surface area contributed by atoms with Crippen LogP contribution in [0.3, 0.4) is 0 Å². The van der Waals surface area contributed by atoms with E-state index >= 15 is 0 Å². The smallest absolute Gasteiger partial charge is 0.453 e. The highest BCUT2D eigenvalue weighted by Gasteiger charge is 2.39. The molecule has 2 atom stereocenters. The molecule has 2 N–H and O–H groups in total. The van der Waals surface area contributed by atoms with E-state index in [4.69, 9.17) is 4.74 Å². The molecule has 1 aromatic heterocycles. The van der Waals surface area contributed by atoms with Crippen LogP contribution in [0, 0.1) is 5.92 Å². The number of aromatic nitrogens is 4. The molecule has 2 aromatic carbocycles. The van der Waals surface area contributed by atoms with E-state index in [0.29, 0.717) is 35.5 Å². The van der Waals surface area contributed by atoms with Gasteiger partial charge in [-0.15, -0.1) is 17.5 Å². The summed E-state index contributed by atoms with van der Waals surface area (Å²) in [5.41, 5.74) is 1.74. The number of alkyl halides is 3. The van der Waals surface area contributed by atoms with Crippen LogP contribution in [0.2, 0.25) is 0 Å². The molecule has 0 bridgehead atoms. The van der Waals surface area contributed by atoms with Gasteiger partial charge >= 0.3 is 6.18 Å². The molecule has 0 spiro atoms. The van der Waals surface area contributed by atoms with Crippen LogP contribution >= 0.6 is 12.4 Å². The molecule has 0 radical (unpaired) electrons. The molecule has 0 aliphatic carbocycles. The molecule has 42 heavy (non-hydrogen) atoms. The lowest BCUT2D eigenvalue weighted by atomic mass is 9.84. The minimum atomic E-state index is -4.73. The summed E-state index contributed by atoms with van der Waals surface area (Å²) in [7, 11) is 1.48. The Morgan fingerprint density at radius 1 is 1.12 bits per heavy atom. The maximum Gasteiger partial charge on any atom is 0.453 e. The normalized spacial score (nSPS) is 19.7. The van der Waals surface area contributed by atoms with Crippen LogP contribution in [0.25, 0.3) is 5.69 Å². The number of tetrazole rings is 1. The van der Waals surface area contributed by atoms with Crippen LogP contribution in [0.15, 0.2) is 48.5 Å². The van der Waals surface area contributed by atoms with E-state index < -0.39 is 29.7 Å². The molecule has 2 fully saturated rings. The SMILES string of the molecule is COc1ccc(-n2nnnc2C(F)(F)F)cc1CN[C@H]1CCN(C(=O)C2CC(=O)NC(=O)C2)C[C@H]1c1ccccc1.Cl. The second-order valence-electron chi connectivity index (χ2n) is 10.1. The Morgan fingerprint density at radius 3 is 2.50 bits per heavy atom. The van der Waals surface area contributed by atoms with Crippen LogP contribution in [0.5, 0.6) is 5.75 Å². The van der Waals surface area contributed by atoms with Gasteiger partial charge in [-0.1, -0.05) is 30.3 Å². The fourth-order valence-corrected chi connectivity index (χ4v) is 5.46. The van der Waals surface area contributed by atoms with Crippen molar-refractivity contribution < 1.29 is 32.3 Å². The van der Waals surface area contributed by atoms with Crippen LogP contribution in [0.4, 0.5) is 13.2 Å². The molecular weight excluding hydrogens is 579 g/mol. The van der Waals surface area contributed by atoms with Crippen LogP contribution in [0.1, 0.15) is 42.1 Å². The van der Waals surface area contributed by atoms with E-state index in [2.05, 4.69) is 26.2 Å². The van der Waals surface area contributed by atoms with Crippen LogP contribution in [-0.4, -0.2) is 69.1 Å². The van der Waals surface area contributed by atoms with Crippen LogP contribution in [-0.2, 0) is 27.1 Å². The Balaban J connectivity index is 0.00000405. The lowest BCUT2D eigenvalue weighted by molar-refractivity contribution is -0.146. The minimum Gasteiger partial charge on any atom is -0.496 e. The third kappa shape index (κ3) is 6.71. The molecule has 2 aliphatic heterocycles. The fourth-order valence-electron chi connectivity index (χ4n) is 5.46. The van der Waals surface area contributed by atoms with Crippen molar-refractivity contribution in [2.24, 2.45) is 5.92 Å². The Bertz CT molecular complexity index is 1420. The Morgan fingerprint density at radius 2 is 1.83 bits per heavy atom. The zero-order chi connectivity index (χ0) is 29.1. The molecule has 15 heteroatoms. The number of carbonyl (C=O) groups excluding carboxylic acids is 3. The van der Waals surface area contributed by atoms with Gasteiger partial charge in [0.15, 0.2) is 0 Å². The summed E-state index contributed by atoms with van der Waals surface area (Å²) in [6.45, 7) is 1.06. The number of methoxy groups -OCH3 is 1. The molecular formula is C27H29ClF3N7O4. The second kappa shape index (κ2) is 12.9. The Hall–Kier alpha value is -4.04. The van der Waals surface area contributed by atoms with E-state index in [0.717, 1.165) is 5.56 Å². The predicted molar refractivity (Wildman–Crippen MR) is 145 cm³/mol. The third-order valence-corrected chi connectivity index (χ3v) is 7.43. The van der Waals surface area contributed by atoms with E-state index in [1.54, 1.807) is 17.0 Å². The van der Waals surface area contributed by atoms with Crippen molar-refractivity contribution in [2.45, 2.75) is 43.9 Å². The van der Waals surface area contributed by atoms with E-state index in [1.807, 2.05) is 30.3 Å². The number of nitrogens with one attached hydrogen (secondary N) is 2. The van der Waals surface area contributed by atoms with Crippen molar-refractivity contribution in [3.8, 4) is 11.4 Å². The zero-order valence-electron chi connectivity index (χ0n) is 22.5. The molecule has 2 saturated heterocycles. The first-order valence-electron chi connectivity index (χ1n) is 13.1. The fraction of sp³-hybridized carbons (Fsp3) is 0.407. The minimum absolute atomic E-state index is 0. The van der Waals surface area contributed by atoms with E-state index in [9.17, 15) is 27.6 Å². The van der Waals surface area contributed by atoms with Crippen molar-refractivity contribution in [1.29, 1.82) is 0 Å². The Labute approximate surface area is 245 Å². The summed E-state index contributed by atoms with van der Waals surface area (Å²) in [4.78, 5) is 38.7. The molecule has 3 amide bonds. The summed E-state index contributed by atoms with van der Waals surface area (Å²) in [5.74, 6) is -2.67. The first-order valence-corrected chi connectivity index (χ1v) is 13.1. The first kappa shape index (κ1) is 30.9. The molecule has 5 rings (SSSR count). The van der Waals surface area contributed by atoms with Crippen LogP contribution < -0.4 is 15.4 Å². The summed E-state index contributed by atoms with van der Waals surface area (Å²) >= 11 is 0. The van der Waals surface area contributed by atoms with Gasteiger partial charge in [-0.05, 0) is 40.6 Å². The molecule has 3 heterocycles. The number of amides is 3. The number of nitrogens with zero attached hydrogens (tertiary/aromatic N) is 5. The number of halogens is 4. The number of benzene rings is 2. The summed E-state index contributed by atoms with van der Waals surface area (Å²) < 4.78 is 46.3. The first-order chi connectivity index (χ1) is 19.6. The number of hydrogen-bond acceptors (Lipinski definition) is 8. The lowest BCUT2D eigenvalue weighted by Crippen LogP contribution is -2.52. The van der Waals surface area contributed by atoms with Gasteiger partial charge in [0.25, 0.3) is 5.82 Å². The quantitative estimate of drug-likeness (QED) is 0.392. The highest BCUT2D eigenvalue weighted by Crippen LogP contribution is 2.32. The molecule has 2 aliphatic rings. The zero-order valence-corrected chi connectivity index (χ0v) is 23.3. The number of rotatable bonds is 7. The summed E-state index contributed by atoms with van der Waals surface area (Å²) in [6.07, 6.45) is -4.20. The van der Waals surface area contributed by atoms with Gasteiger partial charge in [0.05, 0.1) is 18.7 Å². The second-order valence-corrected chi connectivity index (χ2v) is 10.1. The monoisotopic (exact) mass is 607 g/mol. The lowest BCUT2D eigenvalue weighted by Gasteiger charge is -2.41. The van der Waals surface area contributed by atoms with Gasteiger partial charge < -0.3 is 15.0 Å². The Kier molecular flexibility index (Phi) is 9.46. The number of imide groups is 1. The number of ether oxygens (including phenoxy) is 1. The van der Waals surface area contributed by atoms with Gasteiger partial charge in [0, 0.05) is 50.0 Å². The van der Waals surface area contributed by atoms with Crippen molar-refractivity contribution >= 4 is 30.1 Å². The van der Waals surface area contributed by atoms with Crippen molar-refractivity contribution in [1.82, 2.24) is 35.7 Å². The highest BCUT2D eigenvalue weighted by molar-refractivity contribution is 6.02. The molecule has 11 nitrogen and oxygen atoms in total. The maximum absolute atomic E-state index is 13.4. The summed E-state index contributed by atoms with van der Waals surface area (Å²) in [6, 6.07) is 14.1. The standard InChI is InChI=1S/C27H28F3N7O4.ClH/c1-41-22-8-7-19(37-26(27(28,29)30)33-34-35-37)11-18(22)14-31-21-9-10-36(15-20(21)16-5-3-2-4-6-16)25(40)17-12-23(38)32-24(39)13-17;/h2-8,11,17,20-21,31H,9-10,12-15H2,1H3,(H,32,38,39);1H/t20-,21-;/m0./s1. The third-order valence-electron chi connectivity index (χ3n) is 7.43. The van der Waals surface area contributed by atoms with Gasteiger partial charge in [-0.3, -0.25) is 19.7 Å². The summed E-state index contributed by atoms with van der Waals surface area (Å²) in [5, 5.41) is 15.6. The number of hydrogen-bond donors (Lipinski definition) is 2. The average Bonchev–Trinajstić information content (AvgIpc) is 3.47. The van der Waals surface area contributed by atoms with Crippen molar-refractivity contribution in [3.63, 3.8) is 0 Å². The van der Waals surface area contributed by atoms with Gasteiger partial charge in [-0.25, -0.2) is 0 Å². The molecule has 3 aromatic rings. The van der Waals surface area contributed by atoms with E-state index in [1.165, 1.54) is 13.2 Å². The molecule has 0 unspecified atom stereocenters. The molecule has 224 valence electrons. The number of piperidine rings is 2. The van der Waals surface area contributed by atoms with Crippen molar-refractivity contribution in [2.75, 3.05) is 20.2 Å². The van der Waals surface area contributed by atoms with Gasteiger partial charge in [0.1, 0.15) is 5.75 Å². The largest absolute Gasteiger partial charge is 0.496 e. The number of carbonyl (C=O) groups is 3. The average molecular weight is 608 g/mol. The topological polar surface area (TPSA) is 131 Å². The van der Waals surface area contributed by atoms with Crippen molar-refractivity contribution in [3.05, 3.63) is 65.5 Å². The number of likely N-dealkylation sites (tertiary alicyclic amines) is 1. The van der Waals surface area contributed by atoms with Gasteiger partial charge in [-0.2, -0.15) is 17.9 Å². The highest BCUT2D eigenvalue weighted by atomic mass is 35.5. The predicted octanol–water partition coefficient (Wildman–Crippen LogP) is 2.64. The van der Waals surface area contributed by atoms with Gasteiger partial charge in [0.2, 0.25) is 17.7 Å².